The van der Waals surface area contributed by atoms with Crippen LogP contribution < -0.4 is 10.1 Å². The third-order valence-corrected chi connectivity index (χ3v) is 7.04. The van der Waals surface area contributed by atoms with Crippen LogP contribution in [-0.4, -0.2) is 79.8 Å². The van der Waals surface area contributed by atoms with Crippen LogP contribution in [0.5, 0.6) is 5.75 Å². The summed E-state index contributed by atoms with van der Waals surface area (Å²) in [5, 5.41) is 4.73. The van der Waals surface area contributed by atoms with Crippen molar-refractivity contribution in [2.45, 2.75) is 37.9 Å². The van der Waals surface area contributed by atoms with Gasteiger partial charge in [0.25, 0.3) is 5.91 Å². The molecule has 2 fully saturated rings. The summed E-state index contributed by atoms with van der Waals surface area (Å²) in [6, 6.07) is 16.7. The van der Waals surface area contributed by atoms with E-state index in [-0.39, 0.29) is 18.1 Å². The highest BCUT2D eigenvalue weighted by atomic mass is 16.5. The SMILES string of the molecule is CN(C)CCNc1cc2cccnc2cc1-c1ccc(OC2CCN(C(=O)[C@H]3CCCO3)CC2)cc1. The van der Waals surface area contributed by atoms with Crippen molar-refractivity contribution in [1.29, 1.82) is 0 Å². The Bertz CT molecular complexity index is 1170. The van der Waals surface area contributed by atoms with Gasteiger partial charge in [0, 0.05) is 68.5 Å². The van der Waals surface area contributed by atoms with E-state index in [9.17, 15) is 4.79 Å². The third-order valence-electron chi connectivity index (χ3n) is 7.04. The minimum absolute atomic E-state index is 0.123. The maximum absolute atomic E-state index is 12.6. The molecular weight excluding hydrogens is 452 g/mol. The quantitative estimate of drug-likeness (QED) is 0.506. The summed E-state index contributed by atoms with van der Waals surface area (Å²) in [5.74, 6) is 1.01. The molecule has 0 aliphatic carbocycles. The fraction of sp³-hybridized carbons (Fsp3) is 0.448. The Balaban J connectivity index is 1.24. The lowest BCUT2D eigenvalue weighted by atomic mass is 10.0. The van der Waals surface area contributed by atoms with Crippen molar-refractivity contribution in [1.82, 2.24) is 14.8 Å². The van der Waals surface area contributed by atoms with Crippen molar-refractivity contribution < 1.29 is 14.3 Å². The average molecular weight is 489 g/mol. The number of pyridine rings is 1. The van der Waals surface area contributed by atoms with Crippen molar-refractivity contribution in [3.63, 3.8) is 0 Å². The molecule has 36 heavy (non-hydrogen) atoms. The fourth-order valence-electron chi connectivity index (χ4n) is 5.00. The molecule has 3 heterocycles. The molecule has 190 valence electrons. The number of amides is 1. The lowest BCUT2D eigenvalue weighted by Gasteiger charge is -2.33. The van der Waals surface area contributed by atoms with E-state index in [1.807, 2.05) is 29.3 Å². The van der Waals surface area contributed by atoms with Gasteiger partial charge in [-0.15, -0.1) is 0 Å². The second-order valence-corrected chi connectivity index (χ2v) is 9.99. The predicted molar refractivity (Wildman–Crippen MR) is 143 cm³/mol. The molecule has 1 atom stereocenters. The van der Waals surface area contributed by atoms with E-state index < -0.39 is 0 Å². The lowest BCUT2D eigenvalue weighted by Crippen LogP contribution is -2.45. The topological polar surface area (TPSA) is 66.9 Å². The number of ether oxygens (including phenoxy) is 2. The van der Waals surface area contributed by atoms with Crippen molar-refractivity contribution in [2.75, 3.05) is 52.2 Å². The Morgan fingerprint density at radius 2 is 1.94 bits per heavy atom. The number of benzene rings is 2. The van der Waals surface area contributed by atoms with Gasteiger partial charge in [-0.3, -0.25) is 9.78 Å². The second kappa shape index (κ2) is 11.3. The molecule has 0 bridgehead atoms. The zero-order valence-corrected chi connectivity index (χ0v) is 21.3. The number of aromatic nitrogens is 1. The van der Waals surface area contributed by atoms with Crippen molar-refractivity contribution >= 4 is 22.5 Å². The van der Waals surface area contributed by atoms with Crippen LogP contribution >= 0.6 is 0 Å². The minimum atomic E-state index is -0.234. The van der Waals surface area contributed by atoms with Gasteiger partial charge in [0.05, 0.1) is 5.52 Å². The van der Waals surface area contributed by atoms with Crippen LogP contribution in [0.3, 0.4) is 0 Å². The number of carbonyl (C=O) groups is 1. The molecule has 2 aromatic carbocycles. The summed E-state index contributed by atoms with van der Waals surface area (Å²) in [6.07, 6.45) is 5.24. The molecular formula is C29H36N4O3. The minimum Gasteiger partial charge on any atom is -0.490 e. The maximum Gasteiger partial charge on any atom is 0.251 e. The molecule has 2 saturated heterocycles. The number of hydrogen-bond acceptors (Lipinski definition) is 6. The lowest BCUT2D eigenvalue weighted by molar-refractivity contribution is -0.142. The molecule has 1 N–H and O–H groups in total. The Hall–Kier alpha value is -3.16. The van der Waals surface area contributed by atoms with Gasteiger partial charge in [-0.25, -0.2) is 0 Å². The summed E-state index contributed by atoms with van der Waals surface area (Å²) in [5.41, 5.74) is 4.34. The van der Waals surface area contributed by atoms with Gasteiger partial charge >= 0.3 is 0 Å². The van der Waals surface area contributed by atoms with Gasteiger partial charge in [0.1, 0.15) is 18.0 Å². The van der Waals surface area contributed by atoms with Crippen molar-refractivity contribution in [2.24, 2.45) is 0 Å². The molecule has 0 spiro atoms. The largest absolute Gasteiger partial charge is 0.490 e. The summed E-state index contributed by atoms with van der Waals surface area (Å²) in [7, 11) is 4.16. The summed E-state index contributed by atoms with van der Waals surface area (Å²) >= 11 is 0. The number of likely N-dealkylation sites (N-methyl/N-ethyl adjacent to an activating group) is 1. The van der Waals surface area contributed by atoms with Crippen LogP contribution in [0, 0.1) is 0 Å². The average Bonchev–Trinajstić information content (AvgIpc) is 3.44. The highest BCUT2D eigenvalue weighted by Gasteiger charge is 2.31. The molecule has 0 saturated carbocycles. The number of hydrogen-bond donors (Lipinski definition) is 1. The summed E-state index contributed by atoms with van der Waals surface area (Å²) in [4.78, 5) is 21.3. The highest BCUT2D eigenvalue weighted by molar-refractivity contribution is 5.92. The molecule has 2 aliphatic rings. The number of nitrogens with zero attached hydrogens (tertiary/aromatic N) is 3. The van der Waals surface area contributed by atoms with E-state index in [0.717, 1.165) is 85.3 Å². The van der Waals surface area contributed by atoms with Crippen molar-refractivity contribution in [3.05, 3.63) is 54.7 Å². The van der Waals surface area contributed by atoms with Crippen LogP contribution in [0.2, 0.25) is 0 Å². The van der Waals surface area contributed by atoms with E-state index >= 15 is 0 Å². The number of likely N-dealkylation sites (tertiary alicyclic amines) is 1. The standard InChI is InChI=1S/C29H36N4O3/c1-32(2)17-14-31-27-19-22-5-3-13-30-26(22)20-25(27)21-7-9-23(10-8-21)36-24-11-15-33(16-12-24)29(34)28-6-4-18-35-28/h3,5,7-10,13,19-20,24,28,31H,4,6,11-12,14-18H2,1-2H3/t28-/m1/s1. The Morgan fingerprint density at radius 1 is 1.14 bits per heavy atom. The molecule has 3 aromatic rings. The first-order chi connectivity index (χ1) is 17.6. The van der Waals surface area contributed by atoms with Gasteiger partial charge in [-0.2, -0.15) is 0 Å². The number of rotatable bonds is 8. The Labute approximate surface area is 213 Å². The second-order valence-electron chi connectivity index (χ2n) is 9.99. The molecule has 0 radical (unpaired) electrons. The molecule has 2 aliphatic heterocycles. The van der Waals surface area contributed by atoms with Crippen molar-refractivity contribution in [3.8, 4) is 16.9 Å². The Kier molecular flexibility index (Phi) is 7.68. The van der Waals surface area contributed by atoms with Crippen LogP contribution in [0.25, 0.3) is 22.0 Å². The fourth-order valence-corrected chi connectivity index (χ4v) is 5.00. The molecule has 0 unspecified atom stereocenters. The number of nitrogens with one attached hydrogen (secondary N) is 1. The first-order valence-electron chi connectivity index (χ1n) is 13.0. The molecule has 7 heteroatoms. The maximum atomic E-state index is 12.6. The van der Waals surface area contributed by atoms with Gasteiger partial charge in [-0.1, -0.05) is 18.2 Å². The van der Waals surface area contributed by atoms with E-state index in [2.05, 4.69) is 59.6 Å². The van der Waals surface area contributed by atoms with Crippen LogP contribution in [0.15, 0.2) is 54.7 Å². The third kappa shape index (κ3) is 5.79. The summed E-state index contributed by atoms with van der Waals surface area (Å²) in [6.45, 7) is 3.98. The van der Waals surface area contributed by atoms with Crippen LogP contribution in [-0.2, 0) is 9.53 Å². The first kappa shape index (κ1) is 24.5. The zero-order valence-electron chi connectivity index (χ0n) is 21.3. The zero-order chi connectivity index (χ0) is 24.9. The molecule has 5 rings (SSSR count). The highest BCUT2D eigenvalue weighted by Crippen LogP contribution is 2.33. The van der Waals surface area contributed by atoms with Gasteiger partial charge in [0.15, 0.2) is 0 Å². The van der Waals surface area contributed by atoms with E-state index in [4.69, 9.17) is 9.47 Å². The summed E-state index contributed by atoms with van der Waals surface area (Å²) < 4.78 is 11.9. The monoisotopic (exact) mass is 488 g/mol. The van der Waals surface area contributed by atoms with E-state index in [1.54, 1.807) is 0 Å². The van der Waals surface area contributed by atoms with Gasteiger partial charge in [0.2, 0.25) is 0 Å². The van der Waals surface area contributed by atoms with Gasteiger partial charge < -0.3 is 24.6 Å². The Morgan fingerprint density at radius 3 is 2.67 bits per heavy atom. The van der Waals surface area contributed by atoms with Gasteiger partial charge in [-0.05, 0) is 62.8 Å². The number of anilines is 1. The molecule has 7 nitrogen and oxygen atoms in total. The molecule has 1 aromatic heterocycles. The van der Waals surface area contributed by atoms with Crippen LogP contribution in [0.1, 0.15) is 25.7 Å². The van der Waals surface area contributed by atoms with E-state index in [0.29, 0.717) is 6.61 Å². The van der Waals surface area contributed by atoms with Crippen LogP contribution in [0.4, 0.5) is 5.69 Å². The first-order valence-corrected chi connectivity index (χ1v) is 13.0. The normalized spacial score (nSPS) is 18.6. The predicted octanol–water partition coefficient (Wildman–Crippen LogP) is 4.42. The number of carbonyl (C=O) groups excluding carboxylic acids is 1. The number of fused-ring (bicyclic) bond motifs is 1. The number of piperidine rings is 1. The molecule has 1 amide bonds. The van der Waals surface area contributed by atoms with E-state index in [1.165, 1.54) is 0 Å². The smallest absolute Gasteiger partial charge is 0.251 e.